The standard InChI is InChI=1S/C23H21ClO8/c1-28-18-6-5-12(7-21(18)30-3)17(25)9-15(23(27)31-4)13-10-22(26)32-19-11-20(29-2)16(24)8-14(13)19/h5-8,10-11,15H,9H2,1-4H3. The second-order valence-corrected chi connectivity index (χ2v) is 7.18. The van der Waals surface area contributed by atoms with E-state index < -0.39 is 17.5 Å². The molecule has 0 fully saturated rings. The molecule has 1 atom stereocenters. The smallest absolute Gasteiger partial charge is 0.336 e. The van der Waals surface area contributed by atoms with Crippen molar-refractivity contribution in [1.29, 1.82) is 0 Å². The summed E-state index contributed by atoms with van der Waals surface area (Å²) in [5.74, 6) is -0.978. The number of fused-ring (bicyclic) bond motifs is 1. The van der Waals surface area contributed by atoms with Crippen molar-refractivity contribution in [3.8, 4) is 17.2 Å². The number of benzene rings is 2. The maximum atomic E-state index is 13.1. The van der Waals surface area contributed by atoms with Crippen molar-refractivity contribution in [1.82, 2.24) is 0 Å². The fourth-order valence-electron chi connectivity index (χ4n) is 3.41. The zero-order chi connectivity index (χ0) is 23.4. The normalized spacial score (nSPS) is 11.7. The number of ether oxygens (including phenoxy) is 4. The highest BCUT2D eigenvalue weighted by Crippen LogP contribution is 2.35. The Labute approximate surface area is 188 Å². The number of esters is 1. The summed E-state index contributed by atoms with van der Waals surface area (Å²) < 4.78 is 25.8. The number of rotatable bonds is 8. The number of hydrogen-bond acceptors (Lipinski definition) is 8. The van der Waals surface area contributed by atoms with Gasteiger partial charge in [0, 0.05) is 29.5 Å². The van der Waals surface area contributed by atoms with Gasteiger partial charge in [0.05, 0.1) is 39.4 Å². The zero-order valence-electron chi connectivity index (χ0n) is 17.9. The molecule has 0 aliphatic rings. The van der Waals surface area contributed by atoms with Crippen molar-refractivity contribution in [2.75, 3.05) is 28.4 Å². The molecule has 1 unspecified atom stereocenters. The van der Waals surface area contributed by atoms with Gasteiger partial charge in [-0.3, -0.25) is 9.59 Å². The highest BCUT2D eigenvalue weighted by molar-refractivity contribution is 6.32. The van der Waals surface area contributed by atoms with Crippen LogP contribution in [0, 0.1) is 0 Å². The highest BCUT2D eigenvalue weighted by Gasteiger charge is 2.29. The first-order chi connectivity index (χ1) is 15.3. The molecule has 0 saturated heterocycles. The minimum atomic E-state index is -1.07. The number of hydrogen-bond donors (Lipinski definition) is 0. The third-order valence-electron chi connectivity index (χ3n) is 5.01. The lowest BCUT2D eigenvalue weighted by atomic mass is 9.89. The van der Waals surface area contributed by atoms with Gasteiger partial charge >= 0.3 is 11.6 Å². The molecule has 0 amide bonds. The Morgan fingerprint density at radius 3 is 2.25 bits per heavy atom. The van der Waals surface area contributed by atoms with Crippen molar-refractivity contribution >= 4 is 34.3 Å². The average molecular weight is 461 g/mol. The maximum absolute atomic E-state index is 13.1. The van der Waals surface area contributed by atoms with Crippen LogP contribution in [0.1, 0.15) is 28.3 Å². The number of methoxy groups -OCH3 is 4. The van der Waals surface area contributed by atoms with Gasteiger partial charge in [-0.25, -0.2) is 4.79 Å². The first-order valence-corrected chi connectivity index (χ1v) is 9.85. The van der Waals surface area contributed by atoms with E-state index in [-0.39, 0.29) is 28.4 Å². The van der Waals surface area contributed by atoms with Crippen LogP contribution >= 0.6 is 11.6 Å². The van der Waals surface area contributed by atoms with Gasteiger partial charge in [0.1, 0.15) is 11.3 Å². The molecular formula is C23H21ClO8. The SMILES string of the molecule is COC(=O)C(CC(=O)c1ccc(OC)c(OC)c1)c1cc(=O)oc2cc(OC)c(Cl)cc12. The van der Waals surface area contributed by atoms with Crippen LogP contribution < -0.4 is 19.8 Å². The number of Topliss-reactive ketones (excluding diaryl/α,β-unsaturated/α-hetero) is 1. The quantitative estimate of drug-likeness (QED) is 0.282. The average Bonchev–Trinajstić information content (AvgIpc) is 2.80. The summed E-state index contributed by atoms with van der Waals surface area (Å²) in [4.78, 5) is 37.9. The van der Waals surface area contributed by atoms with E-state index in [1.54, 1.807) is 12.1 Å². The molecule has 8 nitrogen and oxygen atoms in total. The Morgan fingerprint density at radius 1 is 0.938 bits per heavy atom. The van der Waals surface area contributed by atoms with Crippen LogP contribution in [0.25, 0.3) is 11.0 Å². The second-order valence-electron chi connectivity index (χ2n) is 6.78. The molecule has 9 heteroatoms. The molecule has 0 aliphatic heterocycles. The van der Waals surface area contributed by atoms with Crippen LogP contribution in [0.2, 0.25) is 5.02 Å². The first-order valence-electron chi connectivity index (χ1n) is 9.47. The van der Waals surface area contributed by atoms with E-state index in [0.29, 0.717) is 28.2 Å². The van der Waals surface area contributed by atoms with E-state index >= 15 is 0 Å². The number of ketones is 1. The van der Waals surface area contributed by atoms with Gasteiger partial charge < -0.3 is 23.4 Å². The summed E-state index contributed by atoms with van der Waals surface area (Å²) >= 11 is 6.24. The van der Waals surface area contributed by atoms with Gasteiger partial charge in [0.25, 0.3) is 0 Å². The summed E-state index contributed by atoms with van der Waals surface area (Å²) in [6.07, 6.45) is -0.260. The van der Waals surface area contributed by atoms with Gasteiger partial charge in [-0.05, 0) is 29.8 Å². The molecule has 1 heterocycles. The van der Waals surface area contributed by atoms with E-state index in [9.17, 15) is 14.4 Å². The monoisotopic (exact) mass is 460 g/mol. The molecular weight excluding hydrogens is 440 g/mol. The molecule has 0 radical (unpaired) electrons. The molecule has 2 aromatic carbocycles. The van der Waals surface area contributed by atoms with Crippen LogP contribution in [0.15, 0.2) is 45.6 Å². The van der Waals surface area contributed by atoms with Crippen molar-refractivity contribution in [2.24, 2.45) is 0 Å². The zero-order valence-corrected chi connectivity index (χ0v) is 18.6. The summed E-state index contributed by atoms with van der Waals surface area (Å²) in [6, 6.07) is 8.82. The number of carbonyl (C=O) groups is 2. The third-order valence-corrected chi connectivity index (χ3v) is 5.30. The Morgan fingerprint density at radius 2 is 1.62 bits per heavy atom. The van der Waals surface area contributed by atoms with Crippen LogP contribution in [-0.4, -0.2) is 40.2 Å². The van der Waals surface area contributed by atoms with Gasteiger partial charge in [0.15, 0.2) is 17.3 Å². The number of carbonyl (C=O) groups excluding carboxylic acids is 2. The molecule has 0 N–H and O–H groups in total. The van der Waals surface area contributed by atoms with Crippen molar-refractivity contribution in [3.63, 3.8) is 0 Å². The van der Waals surface area contributed by atoms with Gasteiger partial charge in [-0.1, -0.05) is 11.6 Å². The van der Waals surface area contributed by atoms with E-state index in [1.807, 2.05) is 0 Å². The lowest BCUT2D eigenvalue weighted by Crippen LogP contribution is -2.20. The molecule has 0 bridgehead atoms. The molecule has 0 saturated carbocycles. The lowest BCUT2D eigenvalue weighted by Gasteiger charge is -2.17. The van der Waals surface area contributed by atoms with Crippen LogP contribution in [0.4, 0.5) is 0 Å². The summed E-state index contributed by atoms with van der Waals surface area (Å²) in [5, 5.41) is 0.649. The first kappa shape index (κ1) is 23.1. The summed E-state index contributed by atoms with van der Waals surface area (Å²) in [5.41, 5.74) is 0.0515. The predicted octanol–water partition coefficient (Wildman–Crippen LogP) is 4.00. The second kappa shape index (κ2) is 9.74. The van der Waals surface area contributed by atoms with Crippen LogP contribution in [-0.2, 0) is 9.53 Å². The number of halogens is 1. The molecule has 1 aromatic heterocycles. The Hall–Kier alpha value is -3.52. The Bertz CT molecular complexity index is 1230. The minimum absolute atomic E-state index is 0.168. The maximum Gasteiger partial charge on any atom is 0.336 e. The largest absolute Gasteiger partial charge is 0.495 e. The highest BCUT2D eigenvalue weighted by atomic mass is 35.5. The molecule has 3 aromatic rings. The van der Waals surface area contributed by atoms with Gasteiger partial charge in [-0.15, -0.1) is 0 Å². The van der Waals surface area contributed by atoms with Crippen molar-refractivity contribution < 1.29 is 33.0 Å². The molecule has 0 spiro atoms. The lowest BCUT2D eigenvalue weighted by molar-refractivity contribution is -0.142. The van der Waals surface area contributed by atoms with E-state index in [0.717, 1.165) is 6.07 Å². The van der Waals surface area contributed by atoms with Gasteiger partial charge in [0.2, 0.25) is 0 Å². The predicted molar refractivity (Wildman–Crippen MR) is 117 cm³/mol. The third kappa shape index (κ3) is 4.55. The van der Waals surface area contributed by atoms with Crippen molar-refractivity contribution in [3.05, 3.63) is 63.0 Å². The van der Waals surface area contributed by atoms with Crippen LogP contribution in [0.5, 0.6) is 17.2 Å². The molecule has 3 rings (SSSR count). The summed E-state index contributed by atoms with van der Waals surface area (Å²) in [6.45, 7) is 0. The van der Waals surface area contributed by atoms with E-state index in [2.05, 4.69) is 0 Å². The molecule has 32 heavy (non-hydrogen) atoms. The molecule has 168 valence electrons. The Balaban J connectivity index is 2.09. The van der Waals surface area contributed by atoms with Crippen molar-refractivity contribution in [2.45, 2.75) is 12.3 Å². The van der Waals surface area contributed by atoms with Crippen LogP contribution in [0.3, 0.4) is 0 Å². The fourth-order valence-corrected chi connectivity index (χ4v) is 3.65. The van der Waals surface area contributed by atoms with Gasteiger partial charge in [-0.2, -0.15) is 0 Å². The Kier molecular flexibility index (Phi) is 7.05. The minimum Gasteiger partial charge on any atom is -0.495 e. The summed E-state index contributed by atoms with van der Waals surface area (Å²) in [7, 11) is 5.57. The topological polar surface area (TPSA) is 101 Å². The van der Waals surface area contributed by atoms with E-state index in [4.69, 9.17) is 35.0 Å². The fraction of sp³-hybridized carbons (Fsp3) is 0.261. The molecule has 0 aliphatic carbocycles. The van der Waals surface area contributed by atoms with E-state index in [1.165, 1.54) is 46.6 Å².